The van der Waals surface area contributed by atoms with Crippen LogP contribution in [0, 0.1) is 0 Å². The van der Waals surface area contributed by atoms with Gasteiger partial charge in [0.1, 0.15) is 0 Å². The molecule has 0 spiro atoms. The van der Waals surface area contributed by atoms with Crippen molar-refractivity contribution in [2.75, 3.05) is 11.8 Å². The van der Waals surface area contributed by atoms with Gasteiger partial charge in [0.15, 0.2) is 0 Å². The van der Waals surface area contributed by atoms with Crippen molar-refractivity contribution >= 4 is 20.3 Å². The van der Waals surface area contributed by atoms with Crippen LogP contribution in [0.15, 0.2) is 0 Å². The monoisotopic (exact) mass is 135 g/mol. The molecule has 0 radical (unpaired) electrons. The summed E-state index contributed by atoms with van der Waals surface area (Å²) in [5, 5.41) is 4.07. The van der Waals surface area contributed by atoms with E-state index in [1.54, 1.807) is 0 Å². The largest absolute Gasteiger partial charge is 0.302 e. The molecular weight excluding hydrogens is 125 g/mol. The van der Waals surface area contributed by atoms with Gasteiger partial charge in [0, 0.05) is 11.8 Å². The lowest BCUT2D eigenvalue weighted by Crippen LogP contribution is -2.24. The fourth-order valence-electron chi connectivity index (χ4n) is 0.510. The second-order valence-electron chi connectivity index (χ2n) is 1.58. The van der Waals surface area contributed by atoms with Crippen LogP contribution in [-0.4, -0.2) is 17.2 Å². The van der Waals surface area contributed by atoms with E-state index in [4.69, 9.17) is 0 Å². The van der Waals surface area contributed by atoms with Gasteiger partial charge in [-0.3, -0.25) is 0 Å². The molecule has 42 valence electrons. The standard InChI is InChI=1S/C4H10NPS/c1-4-5-2-6-3-7-4/h4-6H,2-3H2,1H3. The van der Waals surface area contributed by atoms with Crippen molar-refractivity contribution in [2.45, 2.75) is 12.3 Å². The summed E-state index contributed by atoms with van der Waals surface area (Å²) in [5.74, 6) is 0. The summed E-state index contributed by atoms with van der Waals surface area (Å²) in [7, 11) is 1.14. The van der Waals surface area contributed by atoms with Crippen molar-refractivity contribution < 1.29 is 0 Å². The Balaban J connectivity index is 2.12. The van der Waals surface area contributed by atoms with Gasteiger partial charge < -0.3 is 5.32 Å². The second kappa shape index (κ2) is 2.91. The van der Waals surface area contributed by atoms with Crippen LogP contribution >= 0.6 is 20.3 Å². The second-order valence-corrected chi connectivity index (χ2v) is 4.63. The first-order chi connectivity index (χ1) is 3.39. The molecule has 7 heavy (non-hydrogen) atoms. The Labute approximate surface area is 50.4 Å². The van der Waals surface area contributed by atoms with Gasteiger partial charge in [-0.05, 0) is 6.92 Å². The normalized spacial score (nSPS) is 36.4. The first kappa shape index (κ1) is 5.87. The molecule has 2 atom stereocenters. The van der Waals surface area contributed by atoms with Crippen molar-refractivity contribution in [3.63, 3.8) is 0 Å². The summed E-state index contributed by atoms with van der Waals surface area (Å²) < 4.78 is 0. The summed E-state index contributed by atoms with van der Waals surface area (Å²) in [5.41, 5.74) is 1.37. The summed E-state index contributed by atoms with van der Waals surface area (Å²) in [6.45, 7) is 2.22. The van der Waals surface area contributed by atoms with Crippen molar-refractivity contribution in [1.82, 2.24) is 5.32 Å². The SMILES string of the molecule is CC1NCPCS1. The molecule has 0 amide bonds. The lowest BCUT2D eigenvalue weighted by Gasteiger charge is -2.17. The van der Waals surface area contributed by atoms with Gasteiger partial charge in [-0.15, -0.1) is 11.8 Å². The van der Waals surface area contributed by atoms with Crippen molar-refractivity contribution in [1.29, 1.82) is 0 Å². The molecule has 0 aromatic carbocycles. The fourth-order valence-corrected chi connectivity index (χ4v) is 3.19. The van der Waals surface area contributed by atoms with Gasteiger partial charge in [0.25, 0.3) is 0 Å². The highest BCUT2D eigenvalue weighted by Gasteiger charge is 2.04. The lowest BCUT2D eigenvalue weighted by molar-refractivity contribution is 0.779. The van der Waals surface area contributed by atoms with E-state index < -0.39 is 0 Å². The summed E-state index contributed by atoms with van der Waals surface area (Å²) in [4.78, 5) is 0. The Bertz CT molecular complexity index is 53.7. The molecule has 1 fully saturated rings. The molecule has 1 heterocycles. The van der Waals surface area contributed by atoms with Crippen LogP contribution in [0.5, 0.6) is 0 Å². The van der Waals surface area contributed by atoms with Gasteiger partial charge in [-0.2, -0.15) is 0 Å². The van der Waals surface area contributed by atoms with Crippen molar-refractivity contribution in [3.05, 3.63) is 0 Å². The third-order valence-corrected chi connectivity index (χ3v) is 3.55. The number of nitrogens with one attached hydrogen (secondary N) is 1. The zero-order valence-corrected chi connectivity index (χ0v) is 6.22. The first-order valence-electron chi connectivity index (χ1n) is 2.45. The minimum absolute atomic E-state index is 0.709. The molecule has 1 aliphatic heterocycles. The molecule has 2 unspecified atom stereocenters. The van der Waals surface area contributed by atoms with E-state index in [1.165, 1.54) is 11.8 Å². The quantitative estimate of drug-likeness (QED) is 0.502. The Morgan fingerprint density at radius 1 is 1.86 bits per heavy atom. The van der Waals surface area contributed by atoms with Crippen molar-refractivity contribution in [2.24, 2.45) is 0 Å². The van der Waals surface area contributed by atoms with Gasteiger partial charge in [0.05, 0.1) is 5.37 Å². The molecule has 1 N–H and O–H groups in total. The van der Waals surface area contributed by atoms with E-state index in [2.05, 4.69) is 12.2 Å². The smallest absolute Gasteiger partial charge is 0.0509 e. The molecule has 0 aromatic heterocycles. The Morgan fingerprint density at radius 2 is 2.71 bits per heavy atom. The molecule has 0 saturated carbocycles. The molecule has 0 bridgehead atoms. The van der Waals surface area contributed by atoms with E-state index in [9.17, 15) is 0 Å². The van der Waals surface area contributed by atoms with E-state index in [0.717, 1.165) is 8.58 Å². The topological polar surface area (TPSA) is 12.0 Å². The average molecular weight is 135 g/mol. The van der Waals surface area contributed by atoms with Gasteiger partial charge in [-0.25, -0.2) is 0 Å². The Kier molecular flexibility index (Phi) is 2.44. The number of thioether (sulfide) groups is 1. The third-order valence-electron chi connectivity index (χ3n) is 0.950. The highest BCUT2D eigenvalue weighted by atomic mass is 32.2. The van der Waals surface area contributed by atoms with Crippen LogP contribution in [0.25, 0.3) is 0 Å². The fraction of sp³-hybridized carbons (Fsp3) is 1.00. The number of hydrogen-bond acceptors (Lipinski definition) is 2. The summed E-state index contributed by atoms with van der Waals surface area (Å²) >= 11 is 2.02. The van der Waals surface area contributed by atoms with Gasteiger partial charge in [-0.1, -0.05) is 8.58 Å². The highest BCUT2D eigenvalue weighted by molar-refractivity contribution is 8.04. The molecule has 3 heteroatoms. The molecule has 1 aliphatic rings. The van der Waals surface area contributed by atoms with E-state index in [1.807, 2.05) is 11.8 Å². The summed E-state index contributed by atoms with van der Waals surface area (Å²) in [6, 6.07) is 0. The van der Waals surface area contributed by atoms with Gasteiger partial charge in [0.2, 0.25) is 0 Å². The minimum atomic E-state index is 0.709. The molecule has 1 nitrogen and oxygen atoms in total. The molecular formula is C4H10NPS. The van der Waals surface area contributed by atoms with Crippen LogP contribution in [-0.2, 0) is 0 Å². The Morgan fingerprint density at radius 3 is 3.00 bits per heavy atom. The molecule has 1 rings (SSSR count). The van der Waals surface area contributed by atoms with E-state index in [0.29, 0.717) is 5.37 Å². The highest BCUT2D eigenvalue weighted by Crippen LogP contribution is 2.24. The zero-order chi connectivity index (χ0) is 5.11. The molecule has 0 aliphatic carbocycles. The van der Waals surface area contributed by atoms with Crippen molar-refractivity contribution in [3.8, 4) is 0 Å². The average Bonchev–Trinajstić information content (AvgIpc) is 1.69. The van der Waals surface area contributed by atoms with Crippen LogP contribution in [0.3, 0.4) is 0 Å². The lowest BCUT2D eigenvalue weighted by atomic mass is 10.8. The molecule has 1 saturated heterocycles. The summed E-state index contributed by atoms with van der Waals surface area (Å²) in [6.07, 6.45) is 1.24. The third kappa shape index (κ3) is 1.98. The number of rotatable bonds is 0. The predicted octanol–water partition coefficient (Wildman–Crippen LogP) is 1.26. The molecule has 0 aromatic rings. The Hall–Kier alpha value is 0.740. The maximum absolute atomic E-state index is 3.36. The van der Waals surface area contributed by atoms with Crippen LogP contribution in [0.2, 0.25) is 0 Å². The van der Waals surface area contributed by atoms with E-state index in [-0.39, 0.29) is 0 Å². The minimum Gasteiger partial charge on any atom is -0.302 e. The maximum Gasteiger partial charge on any atom is 0.0509 e. The predicted molar refractivity (Wildman–Crippen MR) is 38.2 cm³/mol. The van der Waals surface area contributed by atoms with Gasteiger partial charge >= 0.3 is 0 Å². The van der Waals surface area contributed by atoms with E-state index >= 15 is 0 Å². The van der Waals surface area contributed by atoms with Crippen LogP contribution < -0.4 is 5.32 Å². The zero-order valence-electron chi connectivity index (χ0n) is 4.40. The van der Waals surface area contributed by atoms with Crippen LogP contribution in [0.4, 0.5) is 0 Å². The maximum atomic E-state index is 3.36. The van der Waals surface area contributed by atoms with Crippen LogP contribution in [0.1, 0.15) is 6.92 Å². The number of hydrogen-bond donors (Lipinski definition) is 1. The first-order valence-corrected chi connectivity index (χ1v) is 4.91.